The molecule has 0 spiro atoms. The van der Waals surface area contributed by atoms with Crippen molar-refractivity contribution in [1.82, 2.24) is 4.90 Å². The summed E-state index contributed by atoms with van der Waals surface area (Å²) in [4.78, 5) is 2.36. The van der Waals surface area contributed by atoms with Crippen molar-refractivity contribution in [3.05, 3.63) is 0 Å². The molecule has 66 valence electrons. The summed E-state index contributed by atoms with van der Waals surface area (Å²) >= 11 is 0. The van der Waals surface area contributed by atoms with E-state index in [1.54, 1.807) is 6.92 Å². The van der Waals surface area contributed by atoms with Crippen molar-refractivity contribution in [2.75, 3.05) is 26.2 Å². The maximum absolute atomic E-state index is 8.79. The van der Waals surface area contributed by atoms with Gasteiger partial charge in [0.05, 0.1) is 6.61 Å². The van der Waals surface area contributed by atoms with Crippen LogP contribution in [-0.2, 0) is 4.74 Å². The summed E-state index contributed by atoms with van der Waals surface area (Å²) in [6.07, 6.45) is 2.02. The van der Waals surface area contributed by atoms with E-state index in [0.717, 1.165) is 6.54 Å². The number of hydrogen-bond donors (Lipinski definition) is 1. The Kier molecular flexibility index (Phi) is 3.83. The quantitative estimate of drug-likeness (QED) is 0.604. The third-order valence-corrected chi connectivity index (χ3v) is 1.97. The van der Waals surface area contributed by atoms with Crippen molar-refractivity contribution < 1.29 is 9.84 Å². The molecule has 1 rings (SSSR count). The molecule has 11 heavy (non-hydrogen) atoms. The molecular formula is C8H17NO2. The molecule has 3 nitrogen and oxygen atoms in total. The normalized spacial score (nSPS) is 22.4. The number of rotatable bonds is 4. The first-order valence-electron chi connectivity index (χ1n) is 4.31. The third-order valence-electron chi connectivity index (χ3n) is 1.97. The summed E-state index contributed by atoms with van der Waals surface area (Å²) in [7, 11) is 0. The number of likely N-dealkylation sites (tertiary alicyclic amines) is 1. The number of nitrogens with zero attached hydrogens (tertiary/aromatic N) is 1. The summed E-state index contributed by atoms with van der Waals surface area (Å²) in [5.74, 6) is 0. The van der Waals surface area contributed by atoms with Gasteiger partial charge in [0.25, 0.3) is 0 Å². The molecule has 0 radical (unpaired) electrons. The fourth-order valence-electron chi connectivity index (χ4n) is 1.36. The number of aliphatic hydroxyl groups is 1. The number of ether oxygens (including phenoxy) is 1. The monoisotopic (exact) mass is 159 g/mol. The van der Waals surface area contributed by atoms with E-state index in [4.69, 9.17) is 9.84 Å². The highest BCUT2D eigenvalue weighted by Gasteiger charge is 2.10. The molecule has 0 aromatic rings. The fourth-order valence-corrected chi connectivity index (χ4v) is 1.36. The lowest BCUT2D eigenvalue weighted by Crippen LogP contribution is -2.25. The lowest BCUT2D eigenvalue weighted by molar-refractivity contribution is -0.0884. The molecule has 1 atom stereocenters. The minimum absolute atomic E-state index is 0.613. The van der Waals surface area contributed by atoms with E-state index >= 15 is 0 Å². The van der Waals surface area contributed by atoms with Crippen LogP contribution < -0.4 is 0 Å². The van der Waals surface area contributed by atoms with Gasteiger partial charge in [-0.2, -0.15) is 0 Å². The van der Waals surface area contributed by atoms with Gasteiger partial charge in [-0.1, -0.05) is 0 Å². The zero-order chi connectivity index (χ0) is 8.10. The largest absolute Gasteiger partial charge is 0.368 e. The second-order valence-corrected chi connectivity index (χ2v) is 3.02. The smallest absolute Gasteiger partial charge is 0.151 e. The van der Waals surface area contributed by atoms with Gasteiger partial charge in [0, 0.05) is 6.54 Å². The van der Waals surface area contributed by atoms with Crippen molar-refractivity contribution in [1.29, 1.82) is 0 Å². The molecule has 0 amide bonds. The van der Waals surface area contributed by atoms with E-state index in [1.165, 1.54) is 25.9 Å². The van der Waals surface area contributed by atoms with Crippen LogP contribution in [0.1, 0.15) is 19.8 Å². The van der Waals surface area contributed by atoms with Crippen LogP contribution >= 0.6 is 0 Å². The maximum atomic E-state index is 8.79. The Morgan fingerprint density at radius 3 is 2.64 bits per heavy atom. The Hall–Kier alpha value is -0.120. The SMILES string of the molecule is CC(O)OCCN1CCCC1. The molecule has 1 aliphatic rings. The summed E-state index contributed by atoms with van der Waals surface area (Å²) in [6.45, 7) is 5.65. The van der Waals surface area contributed by atoms with E-state index in [2.05, 4.69) is 4.90 Å². The van der Waals surface area contributed by atoms with E-state index in [1.807, 2.05) is 0 Å². The summed E-state index contributed by atoms with van der Waals surface area (Å²) in [5, 5.41) is 8.79. The van der Waals surface area contributed by atoms with Crippen LogP contribution in [0.4, 0.5) is 0 Å². The minimum atomic E-state index is -0.613. The van der Waals surface area contributed by atoms with Crippen molar-refractivity contribution in [3.63, 3.8) is 0 Å². The van der Waals surface area contributed by atoms with Gasteiger partial charge in [-0.25, -0.2) is 0 Å². The van der Waals surface area contributed by atoms with Crippen LogP contribution in [0.5, 0.6) is 0 Å². The molecule has 1 N–H and O–H groups in total. The molecule has 0 aromatic heterocycles. The van der Waals surface area contributed by atoms with E-state index < -0.39 is 6.29 Å². The van der Waals surface area contributed by atoms with Gasteiger partial charge in [0.2, 0.25) is 0 Å². The fraction of sp³-hybridized carbons (Fsp3) is 1.00. The molecule has 1 unspecified atom stereocenters. The van der Waals surface area contributed by atoms with Crippen LogP contribution in [0, 0.1) is 0 Å². The van der Waals surface area contributed by atoms with E-state index in [-0.39, 0.29) is 0 Å². The molecule has 0 saturated carbocycles. The zero-order valence-corrected chi connectivity index (χ0v) is 7.12. The molecule has 1 saturated heterocycles. The van der Waals surface area contributed by atoms with Crippen LogP contribution in [0.15, 0.2) is 0 Å². The Bertz CT molecular complexity index is 100. The van der Waals surface area contributed by atoms with Gasteiger partial charge >= 0.3 is 0 Å². The highest BCUT2D eigenvalue weighted by molar-refractivity contribution is 4.64. The molecule has 1 heterocycles. The van der Waals surface area contributed by atoms with Gasteiger partial charge in [0.15, 0.2) is 6.29 Å². The highest BCUT2D eigenvalue weighted by Crippen LogP contribution is 2.05. The second kappa shape index (κ2) is 4.70. The molecular weight excluding hydrogens is 142 g/mol. The van der Waals surface area contributed by atoms with Crippen LogP contribution in [0.2, 0.25) is 0 Å². The average Bonchev–Trinajstić information content (AvgIpc) is 2.39. The first-order valence-corrected chi connectivity index (χ1v) is 4.31. The van der Waals surface area contributed by atoms with Crippen molar-refractivity contribution in [3.8, 4) is 0 Å². The van der Waals surface area contributed by atoms with Gasteiger partial charge in [-0.15, -0.1) is 0 Å². The maximum Gasteiger partial charge on any atom is 0.151 e. The second-order valence-electron chi connectivity index (χ2n) is 3.02. The van der Waals surface area contributed by atoms with Crippen molar-refractivity contribution >= 4 is 0 Å². The Morgan fingerprint density at radius 1 is 1.45 bits per heavy atom. The number of aliphatic hydroxyl groups excluding tert-OH is 1. The Morgan fingerprint density at radius 2 is 2.09 bits per heavy atom. The molecule has 1 fully saturated rings. The molecule has 0 bridgehead atoms. The van der Waals surface area contributed by atoms with Crippen molar-refractivity contribution in [2.24, 2.45) is 0 Å². The predicted molar refractivity (Wildman–Crippen MR) is 43.3 cm³/mol. The topological polar surface area (TPSA) is 32.7 Å². The van der Waals surface area contributed by atoms with Crippen molar-refractivity contribution in [2.45, 2.75) is 26.1 Å². The average molecular weight is 159 g/mol. The standard InChI is InChI=1S/C8H17NO2/c1-8(10)11-7-6-9-4-2-3-5-9/h8,10H,2-7H2,1H3. The first kappa shape index (κ1) is 8.97. The highest BCUT2D eigenvalue weighted by atomic mass is 16.6. The Labute approximate surface area is 68.0 Å². The summed E-state index contributed by atoms with van der Waals surface area (Å²) < 4.78 is 5.02. The minimum Gasteiger partial charge on any atom is -0.368 e. The van der Waals surface area contributed by atoms with Gasteiger partial charge in [-0.05, 0) is 32.9 Å². The zero-order valence-electron chi connectivity index (χ0n) is 7.12. The molecule has 0 aromatic carbocycles. The lowest BCUT2D eigenvalue weighted by atomic mass is 10.4. The van der Waals surface area contributed by atoms with E-state index in [9.17, 15) is 0 Å². The van der Waals surface area contributed by atoms with Gasteiger partial charge in [-0.3, -0.25) is 0 Å². The van der Waals surface area contributed by atoms with Gasteiger partial charge < -0.3 is 14.7 Å². The predicted octanol–water partition coefficient (Wildman–Crippen LogP) is 0.437. The molecule has 0 aliphatic carbocycles. The molecule has 3 heteroatoms. The molecule has 1 aliphatic heterocycles. The van der Waals surface area contributed by atoms with E-state index in [0.29, 0.717) is 6.61 Å². The Balaban J connectivity index is 1.94. The lowest BCUT2D eigenvalue weighted by Gasteiger charge is -2.14. The van der Waals surface area contributed by atoms with Gasteiger partial charge in [0.1, 0.15) is 0 Å². The third kappa shape index (κ3) is 3.70. The first-order chi connectivity index (χ1) is 5.29. The van der Waals surface area contributed by atoms with Crippen LogP contribution in [0.3, 0.4) is 0 Å². The van der Waals surface area contributed by atoms with Crippen LogP contribution in [0.25, 0.3) is 0 Å². The summed E-state index contributed by atoms with van der Waals surface area (Å²) in [5.41, 5.74) is 0. The van der Waals surface area contributed by atoms with Crippen LogP contribution in [-0.4, -0.2) is 42.5 Å². The number of hydrogen-bond acceptors (Lipinski definition) is 3. The summed E-state index contributed by atoms with van der Waals surface area (Å²) in [6, 6.07) is 0.